The van der Waals surface area contributed by atoms with E-state index in [4.69, 9.17) is 10.9 Å². The van der Waals surface area contributed by atoms with Crippen molar-refractivity contribution in [2.24, 2.45) is 10.9 Å². The number of sulfonamides is 1. The van der Waals surface area contributed by atoms with Crippen LogP contribution in [0.2, 0.25) is 0 Å². The lowest BCUT2D eigenvalue weighted by Gasteiger charge is -2.35. The number of nitrogens with two attached hydrogens (primary N) is 2. The molecule has 1 aromatic carbocycles. The Balaban J connectivity index is 2.20. The Bertz CT molecular complexity index is 616. The van der Waals surface area contributed by atoms with Crippen molar-refractivity contribution in [1.29, 1.82) is 0 Å². The van der Waals surface area contributed by atoms with Gasteiger partial charge in [0.05, 0.1) is 5.75 Å². The number of amides is 1. The van der Waals surface area contributed by atoms with Crippen LogP contribution in [-0.4, -0.2) is 38.4 Å². The lowest BCUT2D eigenvalue weighted by atomic mass is 10.0. The van der Waals surface area contributed by atoms with E-state index >= 15 is 0 Å². The lowest BCUT2D eigenvalue weighted by Crippen LogP contribution is -2.47. The molecule has 0 bridgehead atoms. The van der Waals surface area contributed by atoms with Gasteiger partial charge >= 0.3 is 0 Å². The molecule has 1 fully saturated rings. The van der Waals surface area contributed by atoms with Gasteiger partial charge in [0.15, 0.2) is 0 Å². The first-order valence-electron chi connectivity index (χ1n) is 7.01. The predicted octanol–water partition coefficient (Wildman–Crippen LogP) is 0.429. The molecule has 1 aromatic rings. The molecule has 1 unspecified atom stereocenters. The summed E-state index contributed by atoms with van der Waals surface area (Å²) >= 11 is 0. The minimum absolute atomic E-state index is 0.0631. The highest BCUT2D eigenvalue weighted by Gasteiger charge is 2.26. The van der Waals surface area contributed by atoms with Gasteiger partial charge in [-0.2, -0.15) is 0 Å². The average molecular weight is 311 g/mol. The number of carbonyl (C=O) groups excluding carboxylic acids is 1. The van der Waals surface area contributed by atoms with Crippen LogP contribution in [0.4, 0.5) is 0 Å². The van der Waals surface area contributed by atoms with Crippen LogP contribution in [0.1, 0.15) is 35.2 Å². The standard InChI is InChI=1S/C14H21N3O3S/c15-9-13-6-1-2-7-17(13)14(18)12-5-3-4-11(8-12)10-21(16,19)20/h3-5,8,13H,1-2,6-7,9-10,15H2,(H2,16,19,20). The summed E-state index contributed by atoms with van der Waals surface area (Å²) in [6.07, 6.45) is 2.97. The van der Waals surface area contributed by atoms with E-state index in [-0.39, 0.29) is 17.7 Å². The van der Waals surface area contributed by atoms with E-state index in [0.29, 0.717) is 24.2 Å². The summed E-state index contributed by atoms with van der Waals surface area (Å²) in [6, 6.07) is 6.67. The van der Waals surface area contributed by atoms with E-state index < -0.39 is 10.0 Å². The Morgan fingerprint density at radius 1 is 1.33 bits per heavy atom. The van der Waals surface area contributed by atoms with Gasteiger partial charge < -0.3 is 10.6 Å². The largest absolute Gasteiger partial charge is 0.334 e. The number of hydrogen-bond acceptors (Lipinski definition) is 4. The summed E-state index contributed by atoms with van der Waals surface area (Å²) in [7, 11) is -3.60. The van der Waals surface area contributed by atoms with Gasteiger partial charge in [-0.3, -0.25) is 4.79 Å². The third-order valence-electron chi connectivity index (χ3n) is 3.70. The molecule has 1 saturated heterocycles. The van der Waals surface area contributed by atoms with Gasteiger partial charge in [-0.25, -0.2) is 13.6 Å². The summed E-state index contributed by atoms with van der Waals surface area (Å²) in [5, 5.41) is 5.04. The molecule has 2 rings (SSSR count). The molecule has 0 radical (unpaired) electrons. The second-order valence-electron chi connectivity index (χ2n) is 5.39. The van der Waals surface area contributed by atoms with Gasteiger partial charge in [0.25, 0.3) is 5.91 Å². The number of benzene rings is 1. The van der Waals surface area contributed by atoms with Crippen molar-refractivity contribution in [3.05, 3.63) is 35.4 Å². The van der Waals surface area contributed by atoms with Crippen LogP contribution in [-0.2, 0) is 15.8 Å². The number of primary sulfonamides is 1. The molecule has 4 N–H and O–H groups in total. The molecule has 1 aliphatic rings. The van der Waals surface area contributed by atoms with Crippen LogP contribution >= 0.6 is 0 Å². The molecule has 21 heavy (non-hydrogen) atoms. The van der Waals surface area contributed by atoms with Crippen LogP contribution in [0, 0.1) is 0 Å². The van der Waals surface area contributed by atoms with Gasteiger partial charge in [0, 0.05) is 24.7 Å². The van der Waals surface area contributed by atoms with Crippen LogP contribution in [0.25, 0.3) is 0 Å². The zero-order valence-electron chi connectivity index (χ0n) is 11.9. The number of likely N-dealkylation sites (tertiary alicyclic amines) is 1. The van der Waals surface area contributed by atoms with E-state index in [1.54, 1.807) is 29.2 Å². The van der Waals surface area contributed by atoms with Crippen molar-refractivity contribution >= 4 is 15.9 Å². The molecule has 6 nitrogen and oxygen atoms in total. The first kappa shape index (κ1) is 15.9. The Labute approximate surface area is 125 Å². The van der Waals surface area contributed by atoms with Crippen LogP contribution < -0.4 is 10.9 Å². The second kappa shape index (κ2) is 6.55. The maximum Gasteiger partial charge on any atom is 0.254 e. The zero-order valence-corrected chi connectivity index (χ0v) is 12.7. The smallest absolute Gasteiger partial charge is 0.254 e. The van der Waals surface area contributed by atoms with Crippen molar-refractivity contribution in [2.45, 2.75) is 31.1 Å². The predicted molar refractivity (Wildman–Crippen MR) is 81.0 cm³/mol. The second-order valence-corrected chi connectivity index (χ2v) is 7.01. The van der Waals surface area contributed by atoms with E-state index in [1.165, 1.54) is 0 Å². The van der Waals surface area contributed by atoms with Crippen LogP contribution in [0.3, 0.4) is 0 Å². The number of hydrogen-bond donors (Lipinski definition) is 2. The molecule has 1 heterocycles. The molecule has 0 saturated carbocycles. The van der Waals surface area contributed by atoms with Crippen molar-refractivity contribution in [1.82, 2.24) is 4.90 Å². The Morgan fingerprint density at radius 3 is 2.76 bits per heavy atom. The molecular weight excluding hydrogens is 290 g/mol. The Kier molecular flexibility index (Phi) is 4.97. The van der Waals surface area contributed by atoms with E-state index in [1.807, 2.05) is 0 Å². The summed E-state index contributed by atoms with van der Waals surface area (Å²) in [5.74, 6) is -0.365. The third-order valence-corrected chi connectivity index (χ3v) is 4.44. The fraction of sp³-hybridized carbons (Fsp3) is 0.500. The number of rotatable bonds is 4. The maximum absolute atomic E-state index is 12.6. The molecule has 1 amide bonds. The highest BCUT2D eigenvalue weighted by molar-refractivity contribution is 7.88. The van der Waals surface area contributed by atoms with Crippen molar-refractivity contribution in [3.63, 3.8) is 0 Å². The van der Waals surface area contributed by atoms with E-state index in [9.17, 15) is 13.2 Å². The highest BCUT2D eigenvalue weighted by atomic mass is 32.2. The molecule has 0 aliphatic carbocycles. The lowest BCUT2D eigenvalue weighted by molar-refractivity contribution is 0.0623. The summed E-state index contributed by atoms with van der Waals surface area (Å²) in [4.78, 5) is 14.4. The average Bonchev–Trinajstić information content (AvgIpc) is 2.45. The minimum Gasteiger partial charge on any atom is -0.334 e. The number of carbonyl (C=O) groups is 1. The van der Waals surface area contributed by atoms with Crippen molar-refractivity contribution < 1.29 is 13.2 Å². The first-order valence-corrected chi connectivity index (χ1v) is 8.72. The quantitative estimate of drug-likeness (QED) is 0.840. The van der Waals surface area contributed by atoms with E-state index in [0.717, 1.165) is 19.3 Å². The zero-order chi connectivity index (χ0) is 15.5. The number of piperidine rings is 1. The van der Waals surface area contributed by atoms with Crippen LogP contribution in [0.5, 0.6) is 0 Å². The summed E-state index contributed by atoms with van der Waals surface area (Å²) in [5.41, 5.74) is 6.73. The first-order chi connectivity index (χ1) is 9.90. The van der Waals surface area contributed by atoms with Gasteiger partial charge in [-0.1, -0.05) is 12.1 Å². The molecule has 0 spiro atoms. The van der Waals surface area contributed by atoms with Crippen LogP contribution in [0.15, 0.2) is 24.3 Å². The Morgan fingerprint density at radius 2 is 2.10 bits per heavy atom. The maximum atomic E-state index is 12.6. The molecule has 1 aliphatic heterocycles. The van der Waals surface area contributed by atoms with Crippen molar-refractivity contribution in [3.8, 4) is 0 Å². The Hall–Kier alpha value is -1.44. The molecule has 7 heteroatoms. The summed E-state index contributed by atoms with van der Waals surface area (Å²) in [6.45, 7) is 1.14. The number of nitrogens with zero attached hydrogens (tertiary/aromatic N) is 1. The fourth-order valence-corrected chi connectivity index (χ4v) is 3.35. The normalized spacial score (nSPS) is 19.5. The SMILES string of the molecule is NCC1CCCCN1C(=O)c1cccc(CS(N)(=O)=O)c1. The molecule has 1 atom stereocenters. The van der Waals surface area contributed by atoms with Gasteiger partial charge in [-0.05, 0) is 37.0 Å². The molecule has 116 valence electrons. The monoisotopic (exact) mass is 311 g/mol. The molecular formula is C14H21N3O3S. The topological polar surface area (TPSA) is 106 Å². The van der Waals surface area contributed by atoms with Gasteiger partial charge in [0.2, 0.25) is 10.0 Å². The highest BCUT2D eigenvalue weighted by Crippen LogP contribution is 2.19. The van der Waals surface area contributed by atoms with Gasteiger partial charge in [0.1, 0.15) is 0 Å². The third kappa shape index (κ3) is 4.26. The molecule has 0 aromatic heterocycles. The van der Waals surface area contributed by atoms with Crippen molar-refractivity contribution in [2.75, 3.05) is 13.1 Å². The summed E-state index contributed by atoms with van der Waals surface area (Å²) < 4.78 is 22.3. The van der Waals surface area contributed by atoms with Gasteiger partial charge in [-0.15, -0.1) is 0 Å². The van der Waals surface area contributed by atoms with E-state index in [2.05, 4.69) is 0 Å². The fourth-order valence-electron chi connectivity index (χ4n) is 2.71. The minimum atomic E-state index is -3.60.